The maximum atomic E-state index is 6.44. The van der Waals surface area contributed by atoms with E-state index in [9.17, 15) is 0 Å². The summed E-state index contributed by atoms with van der Waals surface area (Å²) in [5.41, 5.74) is 5.87. The fourth-order valence-corrected chi connectivity index (χ4v) is 2.89. The van der Waals surface area contributed by atoms with Crippen LogP contribution in [0.4, 0.5) is 5.69 Å². The predicted octanol–water partition coefficient (Wildman–Crippen LogP) is 5.59. The molecule has 1 aromatic heterocycles. The Morgan fingerprint density at radius 1 is 1.08 bits per heavy atom. The Morgan fingerprint density at radius 3 is 2.62 bits per heavy atom. The number of hydrogen-bond acceptors (Lipinski definition) is 3. The molecule has 0 amide bonds. The standard InChI is InChI=1S/C17H13Cl3N4/c1-11-14(10-21-22-13-6-4-5-12(18)9-13)17(20)24(23-11)16-8-3-2-7-15(16)19/h2-10,22H,1H3/b21-10+. The fourth-order valence-electron chi connectivity index (χ4n) is 2.17. The minimum absolute atomic E-state index is 0.442. The van der Waals surface area contributed by atoms with Crippen molar-refractivity contribution in [3.8, 4) is 5.69 Å². The van der Waals surface area contributed by atoms with Crippen LogP contribution >= 0.6 is 34.8 Å². The average Bonchev–Trinajstić information content (AvgIpc) is 2.83. The topological polar surface area (TPSA) is 42.2 Å². The first-order valence-corrected chi connectivity index (χ1v) is 8.24. The van der Waals surface area contributed by atoms with Gasteiger partial charge in [0.1, 0.15) is 5.15 Å². The van der Waals surface area contributed by atoms with E-state index >= 15 is 0 Å². The molecule has 1 heterocycles. The highest BCUT2D eigenvalue weighted by Crippen LogP contribution is 2.26. The van der Waals surface area contributed by atoms with Crippen LogP contribution < -0.4 is 5.43 Å². The second kappa shape index (κ2) is 7.26. The zero-order valence-electron chi connectivity index (χ0n) is 12.7. The van der Waals surface area contributed by atoms with Gasteiger partial charge in [0.15, 0.2) is 0 Å². The first-order valence-electron chi connectivity index (χ1n) is 7.11. The monoisotopic (exact) mass is 378 g/mol. The van der Waals surface area contributed by atoms with Crippen LogP contribution in [0.15, 0.2) is 53.6 Å². The third kappa shape index (κ3) is 3.56. The zero-order valence-corrected chi connectivity index (χ0v) is 14.9. The molecule has 1 N–H and O–H groups in total. The summed E-state index contributed by atoms with van der Waals surface area (Å²) in [4.78, 5) is 0. The van der Waals surface area contributed by atoms with E-state index in [0.717, 1.165) is 17.1 Å². The van der Waals surface area contributed by atoms with Crippen LogP contribution in [0.3, 0.4) is 0 Å². The third-order valence-corrected chi connectivity index (χ3v) is 4.26. The molecule has 0 spiro atoms. The summed E-state index contributed by atoms with van der Waals surface area (Å²) in [5, 5.41) is 10.3. The van der Waals surface area contributed by atoms with Gasteiger partial charge in [-0.15, -0.1) is 0 Å². The van der Waals surface area contributed by atoms with Gasteiger partial charge >= 0.3 is 0 Å². The van der Waals surface area contributed by atoms with Crippen molar-refractivity contribution in [3.05, 3.63) is 75.0 Å². The Bertz CT molecular complexity index is 903. The minimum atomic E-state index is 0.442. The number of anilines is 1. The molecular formula is C17H13Cl3N4. The molecule has 4 nitrogen and oxygen atoms in total. The van der Waals surface area contributed by atoms with Crippen LogP contribution in [0.5, 0.6) is 0 Å². The second-order valence-corrected chi connectivity index (χ2v) is 6.24. The lowest BCUT2D eigenvalue weighted by Gasteiger charge is -2.05. The maximum Gasteiger partial charge on any atom is 0.142 e. The lowest BCUT2D eigenvalue weighted by molar-refractivity contribution is 0.863. The fraction of sp³-hybridized carbons (Fsp3) is 0.0588. The van der Waals surface area contributed by atoms with Crippen LogP contribution in [0, 0.1) is 6.92 Å². The molecule has 0 aliphatic heterocycles. The van der Waals surface area contributed by atoms with E-state index in [0.29, 0.717) is 20.8 Å². The van der Waals surface area contributed by atoms with Gasteiger partial charge < -0.3 is 0 Å². The summed E-state index contributed by atoms with van der Waals surface area (Å²) in [6.07, 6.45) is 1.62. The summed E-state index contributed by atoms with van der Waals surface area (Å²) in [7, 11) is 0. The highest BCUT2D eigenvalue weighted by atomic mass is 35.5. The number of halogens is 3. The van der Waals surface area contributed by atoms with Crippen LogP contribution in [0.1, 0.15) is 11.3 Å². The molecule has 24 heavy (non-hydrogen) atoms. The number of aromatic nitrogens is 2. The Labute approximate surface area is 154 Å². The molecule has 3 aromatic rings. The van der Waals surface area contributed by atoms with Crippen molar-refractivity contribution in [2.45, 2.75) is 6.92 Å². The highest BCUT2D eigenvalue weighted by Gasteiger charge is 2.14. The van der Waals surface area contributed by atoms with Gasteiger partial charge in [0.05, 0.1) is 33.9 Å². The third-order valence-electron chi connectivity index (χ3n) is 3.34. The summed E-state index contributed by atoms with van der Waals surface area (Å²) >= 11 is 18.6. The van der Waals surface area contributed by atoms with Crippen molar-refractivity contribution in [1.82, 2.24) is 9.78 Å². The Balaban J connectivity index is 1.87. The SMILES string of the molecule is Cc1nn(-c2ccccc2Cl)c(Cl)c1/C=N/Nc1cccc(Cl)c1. The number of nitrogens with zero attached hydrogens (tertiary/aromatic N) is 3. The molecule has 0 unspecified atom stereocenters. The van der Waals surface area contributed by atoms with E-state index in [1.54, 1.807) is 29.1 Å². The van der Waals surface area contributed by atoms with Crippen LogP contribution in [0.25, 0.3) is 5.69 Å². The highest BCUT2D eigenvalue weighted by molar-refractivity contribution is 6.34. The van der Waals surface area contributed by atoms with Crippen molar-refractivity contribution in [1.29, 1.82) is 0 Å². The molecule has 7 heteroatoms. The lowest BCUT2D eigenvalue weighted by atomic mass is 10.3. The smallest absolute Gasteiger partial charge is 0.142 e. The van der Waals surface area contributed by atoms with Gasteiger partial charge in [-0.3, -0.25) is 5.43 Å². The number of nitrogens with one attached hydrogen (secondary N) is 1. The molecule has 2 aromatic carbocycles. The predicted molar refractivity (Wildman–Crippen MR) is 101 cm³/mol. The number of aryl methyl sites for hydroxylation is 1. The summed E-state index contributed by atoms with van der Waals surface area (Å²) in [6, 6.07) is 14.7. The molecule has 0 radical (unpaired) electrons. The van der Waals surface area contributed by atoms with Gasteiger partial charge in [-0.05, 0) is 37.3 Å². The van der Waals surface area contributed by atoms with E-state index in [1.807, 2.05) is 37.3 Å². The van der Waals surface area contributed by atoms with E-state index < -0.39 is 0 Å². The van der Waals surface area contributed by atoms with Crippen LogP contribution in [-0.2, 0) is 0 Å². The molecule has 122 valence electrons. The number of rotatable bonds is 4. The van der Waals surface area contributed by atoms with Crippen molar-refractivity contribution < 1.29 is 0 Å². The van der Waals surface area contributed by atoms with Gasteiger partial charge in [-0.25, -0.2) is 4.68 Å². The molecular weight excluding hydrogens is 367 g/mol. The lowest BCUT2D eigenvalue weighted by Crippen LogP contribution is -1.97. The molecule has 3 rings (SSSR count). The van der Waals surface area contributed by atoms with E-state index in [2.05, 4.69) is 15.6 Å². The van der Waals surface area contributed by atoms with E-state index in [-0.39, 0.29) is 0 Å². The first-order chi connectivity index (χ1) is 11.6. The molecule has 0 bridgehead atoms. The van der Waals surface area contributed by atoms with Crippen molar-refractivity contribution in [2.75, 3.05) is 5.43 Å². The largest absolute Gasteiger partial charge is 0.278 e. The van der Waals surface area contributed by atoms with Crippen LogP contribution in [0.2, 0.25) is 15.2 Å². The Hall–Kier alpha value is -2.01. The number of benzene rings is 2. The first kappa shape index (κ1) is 16.8. The number of para-hydroxylation sites is 1. The molecule has 0 saturated carbocycles. The van der Waals surface area contributed by atoms with Crippen LogP contribution in [-0.4, -0.2) is 16.0 Å². The van der Waals surface area contributed by atoms with Gasteiger partial charge in [0.2, 0.25) is 0 Å². The van der Waals surface area contributed by atoms with Gasteiger partial charge in [-0.2, -0.15) is 10.2 Å². The second-order valence-electron chi connectivity index (χ2n) is 5.03. The summed E-state index contributed by atoms with van der Waals surface area (Å²) in [5.74, 6) is 0. The molecule has 0 atom stereocenters. The maximum absolute atomic E-state index is 6.44. The van der Waals surface area contributed by atoms with E-state index in [1.165, 1.54) is 0 Å². The normalized spacial score (nSPS) is 11.2. The minimum Gasteiger partial charge on any atom is -0.278 e. The number of hydrogen-bond donors (Lipinski definition) is 1. The molecule has 0 fully saturated rings. The summed E-state index contributed by atoms with van der Waals surface area (Å²) < 4.78 is 1.60. The quantitative estimate of drug-likeness (QED) is 0.474. The molecule has 0 aliphatic carbocycles. The van der Waals surface area contributed by atoms with Gasteiger partial charge in [-0.1, -0.05) is 53.0 Å². The van der Waals surface area contributed by atoms with E-state index in [4.69, 9.17) is 34.8 Å². The van der Waals surface area contributed by atoms with Gasteiger partial charge in [0.25, 0.3) is 0 Å². The van der Waals surface area contributed by atoms with Gasteiger partial charge in [0, 0.05) is 5.02 Å². The van der Waals surface area contributed by atoms with Crippen molar-refractivity contribution in [3.63, 3.8) is 0 Å². The molecule has 0 saturated heterocycles. The average molecular weight is 380 g/mol. The van der Waals surface area contributed by atoms with Crippen molar-refractivity contribution in [2.24, 2.45) is 5.10 Å². The zero-order chi connectivity index (χ0) is 17.1. The summed E-state index contributed by atoms with van der Waals surface area (Å²) in [6.45, 7) is 1.86. The Morgan fingerprint density at radius 2 is 1.88 bits per heavy atom. The molecule has 0 aliphatic rings. The Kier molecular flexibility index (Phi) is 5.09. The van der Waals surface area contributed by atoms with Crippen molar-refractivity contribution >= 4 is 46.7 Å². The number of hydrazone groups is 1.